The lowest BCUT2D eigenvalue weighted by atomic mass is 9.84. The summed E-state index contributed by atoms with van der Waals surface area (Å²) in [5.41, 5.74) is 7.70. The Kier molecular flexibility index (Phi) is 4.43. The summed E-state index contributed by atoms with van der Waals surface area (Å²) in [5, 5.41) is 6.96. The van der Waals surface area contributed by atoms with E-state index in [-0.39, 0.29) is 11.3 Å². The minimum absolute atomic E-state index is 0.147. The van der Waals surface area contributed by atoms with E-state index in [4.69, 9.17) is 5.73 Å². The maximum atomic E-state index is 12.2. The van der Waals surface area contributed by atoms with Crippen LogP contribution in [0.1, 0.15) is 31.0 Å². The summed E-state index contributed by atoms with van der Waals surface area (Å²) in [6.45, 7) is 4.72. The molecule has 0 aliphatic heterocycles. The number of rotatable bonds is 5. The van der Waals surface area contributed by atoms with E-state index in [9.17, 15) is 4.79 Å². The average Bonchev–Trinajstić information content (AvgIpc) is 2.91. The molecule has 2 aromatic rings. The molecule has 21 heavy (non-hydrogen) atoms. The van der Waals surface area contributed by atoms with Crippen LogP contribution in [-0.2, 0) is 17.3 Å². The summed E-state index contributed by atoms with van der Waals surface area (Å²) in [7, 11) is 1.80. The Bertz CT molecular complexity index is 604. The highest BCUT2D eigenvalue weighted by molar-refractivity contribution is 5.82. The number of nitrogens with zero attached hydrogens (tertiary/aromatic N) is 2. The van der Waals surface area contributed by atoms with Crippen molar-refractivity contribution in [3.8, 4) is 0 Å². The second kappa shape index (κ2) is 6.10. The van der Waals surface area contributed by atoms with Gasteiger partial charge in [-0.05, 0) is 5.56 Å². The zero-order valence-corrected chi connectivity index (χ0v) is 12.7. The van der Waals surface area contributed by atoms with Gasteiger partial charge < -0.3 is 11.1 Å². The number of benzene rings is 1. The van der Waals surface area contributed by atoms with E-state index >= 15 is 0 Å². The molecule has 0 bridgehead atoms. The Balaban J connectivity index is 1.97. The molecule has 0 aliphatic rings. The number of amides is 1. The summed E-state index contributed by atoms with van der Waals surface area (Å²) >= 11 is 0. The van der Waals surface area contributed by atoms with Crippen LogP contribution < -0.4 is 11.1 Å². The van der Waals surface area contributed by atoms with Gasteiger partial charge in [0.15, 0.2) is 0 Å². The van der Waals surface area contributed by atoms with Crippen molar-refractivity contribution in [3.63, 3.8) is 0 Å². The number of aryl methyl sites for hydroxylation is 1. The molecule has 1 aromatic carbocycles. The molecule has 0 aliphatic carbocycles. The van der Waals surface area contributed by atoms with Crippen LogP contribution in [0.3, 0.4) is 0 Å². The summed E-state index contributed by atoms with van der Waals surface area (Å²) in [6, 6.07) is 9.42. The van der Waals surface area contributed by atoms with E-state index < -0.39 is 6.04 Å². The smallest absolute Gasteiger partial charge is 0.241 e. The monoisotopic (exact) mass is 286 g/mol. The molecule has 0 saturated carbocycles. The third kappa shape index (κ3) is 3.70. The van der Waals surface area contributed by atoms with Crippen molar-refractivity contribution in [2.24, 2.45) is 12.8 Å². The van der Waals surface area contributed by atoms with Crippen molar-refractivity contribution >= 4 is 5.91 Å². The van der Waals surface area contributed by atoms with Gasteiger partial charge in [-0.15, -0.1) is 0 Å². The van der Waals surface area contributed by atoms with Crippen LogP contribution in [0.25, 0.3) is 0 Å². The first-order chi connectivity index (χ1) is 9.90. The van der Waals surface area contributed by atoms with Crippen LogP contribution in [0.2, 0.25) is 0 Å². The molecule has 5 nitrogen and oxygen atoms in total. The van der Waals surface area contributed by atoms with Gasteiger partial charge in [-0.2, -0.15) is 5.10 Å². The van der Waals surface area contributed by atoms with Crippen molar-refractivity contribution < 1.29 is 4.79 Å². The van der Waals surface area contributed by atoms with Crippen molar-refractivity contribution in [1.29, 1.82) is 0 Å². The second-order valence-corrected chi connectivity index (χ2v) is 5.89. The highest BCUT2D eigenvalue weighted by Gasteiger charge is 2.23. The van der Waals surface area contributed by atoms with Crippen molar-refractivity contribution in [1.82, 2.24) is 15.1 Å². The Labute approximate surface area is 125 Å². The number of carbonyl (C=O) groups is 1. The molecule has 1 atom stereocenters. The van der Waals surface area contributed by atoms with Crippen molar-refractivity contribution in [2.45, 2.75) is 25.3 Å². The fraction of sp³-hybridized carbons (Fsp3) is 0.375. The fourth-order valence-corrected chi connectivity index (χ4v) is 2.16. The summed E-state index contributed by atoms with van der Waals surface area (Å²) in [5.74, 6) is -0.188. The predicted molar refractivity (Wildman–Crippen MR) is 82.6 cm³/mol. The predicted octanol–water partition coefficient (Wildman–Crippen LogP) is 1.51. The Morgan fingerprint density at radius 2 is 2.05 bits per heavy atom. The SMILES string of the molecule is Cn1cc(C(N)C(=O)NCC(C)(C)c2ccccc2)cn1. The van der Waals surface area contributed by atoms with Gasteiger partial charge in [0.1, 0.15) is 6.04 Å². The first kappa shape index (κ1) is 15.3. The maximum Gasteiger partial charge on any atom is 0.241 e. The lowest BCUT2D eigenvalue weighted by Gasteiger charge is -2.26. The lowest BCUT2D eigenvalue weighted by molar-refractivity contribution is -0.122. The van der Waals surface area contributed by atoms with Gasteiger partial charge in [-0.1, -0.05) is 44.2 Å². The minimum atomic E-state index is -0.690. The summed E-state index contributed by atoms with van der Waals surface area (Å²) in [4.78, 5) is 12.2. The molecule has 0 radical (unpaired) electrons. The molecule has 112 valence electrons. The average molecular weight is 286 g/mol. The van der Waals surface area contributed by atoms with Crippen LogP contribution in [0.4, 0.5) is 0 Å². The number of carbonyl (C=O) groups excluding carboxylic acids is 1. The van der Waals surface area contributed by atoms with E-state index in [2.05, 4.69) is 36.4 Å². The number of aromatic nitrogens is 2. The van der Waals surface area contributed by atoms with E-state index in [0.29, 0.717) is 12.1 Å². The zero-order valence-electron chi connectivity index (χ0n) is 12.7. The topological polar surface area (TPSA) is 72.9 Å². The van der Waals surface area contributed by atoms with Gasteiger partial charge in [-0.3, -0.25) is 9.48 Å². The largest absolute Gasteiger partial charge is 0.354 e. The molecule has 1 heterocycles. The van der Waals surface area contributed by atoms with Crippen LogP contribution in [0.5, 0.6) is 0 Å². The highest BCUT2D eigenvalue weighted by Crippen LogP contribution is 2.22. The maximum absolute atomic E-state index is 12.2. The molecule has 0 spiro atoms. The van der Waals surface area contributed by atoms with Gasteiger partial charge >= 0.3 is 0 Å². The Morgan fingerprint density at radius 3 is 2.62 bits per heavy atom. The van der Waals surface area contributed by atoms with E-state index in [1.165, 1.54) is 5.56 Å². The quantitative estimate of drug-likeness (QED) is 0.875. The lowest BCUT2D eigenvalue weighted by Crippen LogP contribution is -2.41. The van der Waals surface area contributed by atoms with Gasteiger partial charge in [0.05, 0.1) is 6.20 Å². The second-order valence-electron chi connectivity index (χ2n) is 5.89. The number of nitrogens with two attached hydrogens (primary N) is 1. The standard InChI is InChI=1S/C16H22N4O/c1-16(2,13-7-5-4-6-8-13)11-18-15(21)14(17)12-9-19-20(3)10-12/h4-10,14H,11,17H2,1-3H3,(H,18,21). The van der Waals surface area contributed by atoms with Crippen LogP contribution in [0.15, 0.2) is 42.7 Å². The first-order valence-electron chi connectivity index (χ1n) is 6.97. The Morgan fingerprint density at radius 1 is 1.38 bits per heavy atom. The number of hydrogen-bond donors (Lipinski definition) is 2. The number of hydrogen-bond acceptors (Lipinski definition) is 3. The van der Waals surface area contributed by atoms with Crippen LogP contribution in [-0.4, -0.2) is 22.2 Å². The number of nitrogens with one attached hydrogen (secondary N) is 1. The molecule has 2 rings (SSSR count). The van der Waals surface area contributed by atoms with Gasteiger partial charge in [0.2, 0.25) is 5.91 Å². The summed E-state index contributed by atoms with van der Waals surface area (Å²) in [6.07, 6.45) is 3.37. The molecule has 1 aromatic heterocycles. The molecule has 3 N–H and O–H groups in total. The van der Waals surface area contributed by atoms with E-state index in [0.717, 1.165) is 0 Å². The Hall–Kier alpha value is -2.14. The molecule has 1 unspecified atom stereocenters. The molecule has 5 heteroatoms. The van der Waals surface area contributed by atoms with Gasteiger partial charge in [0.25, 0.3) is 0 Å². The van der Waals surface area contributed by atoms with Crippen LogP contribution >= 0.6 is 0 Å². The first-order valence-corrected chi connectivity index (χ1v) is 6.97. The molecule has 0 saturated heterocycles. The van der Waals surface area contributed by atoms with E-state index in [1.54, 1.807) is 24.1 Å². The minimum Gasteiger partial charge on any atom is -0.354 e. The normalized spacial score (nSPS) is 13.0. The fourth-order valence-electron chi connectivity index (χ4n) is 2.16. The third-order valence-electron chi connectivity index (χ3n) is 3.63. The van der Waals surface area contributed by atoms with E-state index in [1.807, 2.05) is 18.2 Å². The highest BCUT2D eigenvalue weighted by atomic mass is 16.2. The van der Waals surface area contributed by atoms with Crippen molar-refractivity contribution in [3.05, 3.63) is 53.9 Å². The summed E-state index contributed by atoms with van der Waals surface area (Å²) < 4.78 is 1.64. The van der Waals surface area contributed by atoms with Gasteiger partial charge in [0, 0.05) is 30.8 Å². The van der Waals surface area contributed by atoms with Gasteiger partial charge in [-0.25, -0.2) is 0 Å². The van der Waals surface area contributed by atoms with Crippen molar-refractivity contribution in [2.75, 3.05) is 6.54 Å². The molecule has 0 fully saturated rings. The molecule has 1 amide bonds. The molecular formula is C16H22N4O. The zero-order chi connectivity index (χ0) is 15.5. The van der Waals surface area contributed by atoms with Crippen LogP contribution in [0, 0.1) is 0 Å². The third-order valence-corrected chi connectivity index (χ3v) is 3.63. The molecular weight excluding hydrogens is 264 g/mol.